The Morgan fingerprint density at radius 1 is 1.38 bits per heavy atom. The largest absolute Gasteiger partial charge is 0.490 e. The highest BCUT2D eigenvalue weighted by Gasteiger charge is 2.52. The normalized spacial score (nSPS) is 27.4. The molecule has 1 spiro atoms. The van der Waals surface area contributed by atoms with Crippen molar-refractivity contribution in [3.8, 4) is 0 Å². The Hall–Kier alpha value is -2.30. The highest BCUT2D eigenvalue weighted by molar-refractivity contribution is 5.92. The van der Waals surface area contributed by atoms with Gasteiger partial charge in [-0.15, -0.1) is 0 Å². The highest BCUT2D eigenvalue weighted by atomic mass is 19.4. The summed E-state index contributed by atoms with van der Waals surface area (Å²) in [4.78, 5) is 32.2. The van der Waals surface area contributed by atoms with Crippen LogP contribution in [0.4, 0.5) is 13.2 Å². The van der Waals surface area contributed by atoms with E-state index in [0.717, 1.165) is 32.1 Å². The van der Waals surface area contributed by atoms with E-state index < -0.39 is 12.1 Å². The molecule has 3 rings (SSSR count). The third kappa shape index (κ3) is 4.65. The lowest BCUT2D eigenvalue weighted by atomic mass is 9.83. The van der Waals surface area contributed by atoms with Crippen LogP contribution in [0.5, 0.6) is 0 Å². The number of aryl methyl sites for hydroxylation is 1. The molecule has 0 aliphatic heterocycles. The van der Waals surface area contributed by atoms with Crippen LogP contribution in [0.2, 0.25) is 0 Å². The van der Waals surface area contributed by atoms with Crippen LogP contribution in [0.25, 0.3) is 0 Å². The summed E-state index contributed by atoms with van der Waals surface area (Å²) in [6.07, 6.45) is 0.224. The number of aliphatic carboxylic acids is 1. The summed E-state index contributed by atoms with van der Waals surface area (Å²) in [5, 5.41) is 12.9. The van der Waals surface area contributed by atoms with Gasteiger partial charge in [0, 0.05) is 25.2 Å². The molecule has 146 valence electrons. The monoisotopic (exact) mass is 378 g/mol. The van der Waals surface area contributed by atoms with Crippen molar-refractivity contribution in [3.63, 3.8) is 0 Å². The van der Waals surface area contributed by atoms with Crippen molar-refractivity contribution in [3.05, 3.63) is 22.1 Å². The minimum Gasteiger partial charge on any atom is -0.475 e. The minimum absolute atomic E-state index is 0.196. The van der Waals surface area contributed by atoms with Crippen LogP contribution in [0, 0.1) is 5.41 Å². The first kappa shape index (κ1) is 20.0. The number of carbonyl (C=O) groups is 2. The molecule has 1 amide bonds. The van der Waals surface area contributed by atoms with Gasteiger partial charge in [0.15, 0.2) is 0 Å². The maximum atomic E-state index is 12.0. The number of aromatic amines is 1. The van der Waals surface area contributed by atoms with Gasteiger partial charge in [-0.2, -0.15) is 13.2 Å². The Balaban J connectivity index is 0.000000298. The Morgan fingerprint density at radius 2 is 1.88 bits per heavy atom. The molecule has 1 unspecified atom stereocenters. The first-order valence-electron chi connectivity index (χ1n) is 8.07. The summed E-state index contributed by atoms with van der Waals surface area (Å²) >= 11 is 0. The molecular weight excluding hydrogens is 357 g/mol. The van der Waals surface area contributed by atoms with E-state index in [1.54, 1.807) is 7.05 Å². The van der Waals surface area contributed by atoms with E-state index >= 15 is 0 Å². The summed E-state index contributed by atoms with van der Waals surface area (Å²) in [6.45, 7) is 0. The lowest BCUT2D eigenvalue weighted by Crippen LogP contribution is -2.39. The number of nitrogens with two attached hydrogens (primary N) is 1. The number of rotatable bonds is 2. The van der Waals surface area contributed by atoms with Gasteiger partial charge in [-0.25, -0.2) is 4.79 Å². The first-order chi connectivity index (χ1) is 11.9. The second-order valence-corrected chi connectivity index (χ2v) is 6.79. The predicted octanol–water partition coefficient (Wildman–Crippen LogP) is 0.736. The van der Waals surface area contributed by atoms with Gasteiger partial charge < -0.3 is 16.2 Å². The molecule has 1 atom stereocenters. The predicted molar refractivity (Wildman–Crippen MR) is 84.5 cm³/mol. The van der Waals surface area contributed by atoms with Gasteiger partial charge in [0.25, 0.3) is 11.5 Å². The lowest BCUT2D eigenvalue weighted by molar-refractivity contribution is -0.192. The molecule has 5 N–H and O–H groups in total. The first-order valence-corrected chi connectivity index (χ1v) is 8.07. The Kier molecular flexibility index (Phi) is 5.49. The highest BCUT2D eigenvalue weighted by Crippen LogP contribution is 2.54. The second kappa shape index (κ2) is 7.14. The fraction of sp³-hybridized carbons (Fsp3) is 0.667. The van der Waals surface area contributed by atoms with Crippen LogP contribution in [0.3, 0.4) is 0 Å². The van der Waals surface area contributed by atoms with Crippen molar-refractivity contribution in [1.82, 2.24) is 15.1 Å². The molecule has 1 aromatic rings. The maximum absolute atomic E-state index is 12.0. The second-order valence-electron chi connectivity index (χ2n) is 6.79. The van der Waals surface area contributed by atoms with Crippen LogP contribution < -0.4 is 16.6 Å². The Morgan fingerprint density at radius 3 is 2.23 bits per heavy atom. The number of amides is 1. The third-order valence-corrected chi connectivity index (χ3v) is 4.94. The topological polar surface area (TPSA) is 130 Å². The van der Waals surface area contributed by atoms with Crippen LogP contribution in [0.1, 0.15) is 42.6 Å². The molecule has 0 aromatic carbocycles. The smallest absolute Gasteiger partial charge is 0.475 e. The lowest BCUT2D eigenvalue weighted by Gasteiger charge is -2.29. The summed E-state index contributed by atoms with van der Waals surface area (Å²) < 4.78 is 33.0. The van der Waals surface area contributed by atoms with Crippen molar-refractivity contribution in [1.29, 1.82) is 0 Å². The number of carboxylic acids is 1. The molecule has 26 heavy (non-hydrogen) atoms. The quantitative estimate of drug-likeness (QED) is 0.603. The molecule has 2 fully saturated rings. The van der Waals surface area contributed by atoms with Crippen molar-refractivity contribution in [2.45, 2.75) is 50.4 Å². The van der Waals surface area contributed by atoms with Gasteiger partial charge in [0.1, 0.15) is 5.69 Å². The van der Waals surface area contributed by atoms with E-state index in [-0.39, 0.29) is 17.5 Å². The number of aromatic nitrogens is 2. The average molecular weight is 378 g/mol. The number of alkyl halides is 3. The summed E-state index contributed by atoms with van der Waals surface area (Å²) in [6, 6.07) is 1.90. The van der Waals surface area contributed by atoms with Gasteiger partial charge in [0.05, 0.1) is 0 Å². The zero-order valence-electron chi connectivity index (χ0n) is 14.1. The molecule has 2 saturated carbocycles. The number of H-pyrrole nitrogens is 1. The van der Waals surface area contributed by atoms with Gasteiger partial charge in [0.2, 0.25) is 0 Å². The number of hydrogen-bond donors (Lipinski definition) is 4. The third-order valence-electron chi connectivity index (χ3n) is 4.94. The van der Waals surface area contributed by atoms with Gasteiger partial charge in [-0.1, -0.05) is 0 Å². The number of hydrogen-bond acceptors (Lipinski definition) is 4. The molecule has 8 nitrogen and oxygen atoms in total. The van der Waals surface area contributed by atoms with Gasteiger partial charge in [-0.05, 0) is 37.5 Å². The fourth-order valence-electron chi connectivity index (χ4n) is 3.16. The molecule has 2 aliphatic rings. The molecule has 2 aliphatic carbocycles. The molecule has 0 radical (unpaired) electrons. The molecular formula is C15H21F3N4O4. The van der Waals surface area contributed by atoms with Crippen molar-refractivity contribution in [2.24, 2.45) is 18.2 Å². The van der Waals surface area contributed by atoms with E-state index in [2.05, 4.69) is 10.4 Å². The maximum Gasteiger partial charge on any atom is 0.490 e. The van der Waals surface area contributed by atoms with E-state index in [1.807, 2.05) is 0 Å². The number of nitrogens with zero attached hydrogens (tertiary/aromatic N) is 1. The molecule has 1 aromatic heterocycles. The molecule has 11 heteroatoms. The molecule has 0 bridgehead atoms. The van der Waals surface area contributed by atoms with Crippen molar-refractivity contribution < 1.29 is 27.9 Å². The summed E-state index contributed by atoms with van der Waals surface area (Å²) in [5.74, 6) is -2.95. The number of carboxylic acid groups (broad SMARTS) is 1. The zero-order chi connectivity index (χ0) is 19.7. The van der Waals surface area contributed by atoms with Gasteiger partial charge >= 0.3 is 12.1 Å². The van der Waals surface area contributed by atoms with Crippen LogP contribution in [-0.2, 0) is 11.8 Å². The van der Waals surface area contributed by atoms with E-state index in [9.17, 15) is 22.8 Å². The Bertz CT molecular complexity index is 732. The van der Waals surface area contributed by atoms with E-state index in [1.165, 1.54) is 10.7 Å². The zero-order valence-corrected chi connectivity index (χ0v) is 14.1. The number of halogens is 3. The number of nitrogens with one attached hydrogen (secondary N) is 2. The number of carbonyl (C=O) groups excluding carboxylic acids is 1. The van der Waals surface area contributed by atoms with Crippen LogP contribution in [-0.4, -0.2) is 45.0 Å². The summed E-state index contributed by atoms with van der Waals surface area (Å²) in [5.41, 5.74) is 6.47. The van der Waals surface area contributed by atoms with E-state index in [0.29, 0.717) is 17.2 Å². The summed E-state index contributed by atoms with van der Waals surface area (Å²) in [7, 11) is 1.60. The SMILES string of the molecule is Cn1[nH]c(C(=O)NC2CCC3(CC2)CC3N)cc1=O.O=C(O)C(F)(F)F. The van der Waals surface area contributed by atoms with E-state index in [4.69, 9.17) is 15.6 Å². The Labute approximate surface area is 146 Å². The van der Waals surface area contributed by atoms with Gasteiger partial charge in [-0.3, -0.25) is 19.4 Å². The fourth-order valence-corrected chi connectivity index (χ4v) is 3.16. The van der Waals surface area contributed by atoms with Crippen molar-refractivity contribution in [2.75, 3.05) is 0 Å². The van der Waals surface area contributed by atoms with Crippen LogP contribution >= 0.6 is 0 Å². The molecule has 0 saturated heterocycles. The minimum atomic E-state index is -5.08. The molecule has 1 heterocycles. The average Bonchev–Trinajstić information content (AvgIpc) is 3.02. The standard InChI is InChI=1S/C13H20N4O2.C2HF3O2/c1-17-11(18)6-9(16-17)12(19)15-8-2-4-13(5-3-8)7-10(13)14;3-2(4,5)1(6)7/h6,8,10,16H,2-5,7,14H2,1H3,(H,15,19);(H,6,7). The van der Waals surface area contributed by atoms with Crippen LogP contribution in [0.15, 0.2) is 10.9 Å². The van der Waals surface area contributed by atoms with Crippen molar-refractivity contribution >= 4 is 11.9 Å².